The summed E-state index contributed by atoms with van der Waals surface area (Å²) in [7, 11) is 0. The summed E-state index contributed by atoms with van der Waals surface area (Å²) >= 11 is 0. The molecule has 0 heterocycles. The van der Waals surface area contributed by atoms with Crippen molar-refractivity contribution in [3.05, 3.63) is 0 Å². The summed E-state index contributed by atoms with van der Waals surface area (Å²) in [6.45, 7) is 5.96. The topological polar surface area (TPSA) is 58.2 Å². The molecule has 0 spiro atoms. The molecular formula is C28H56N2O2. The van der Waals surface area contributed by atoms with Crippen LogP contribution in [-0.2, 0) is 9.59 Å². The zero-order chi connectivity index (χ0) is 23.5. The minimum atomic E-state index is 0.183. The summed E-state index contributed by atoms with van der Waals surface area (Å²) in [5.41, 5.74) is 0. The summed E-state index contributed by atoms with van der Waals surface area (Å²) in [5.74, 6) is 0.365. The van der Waals surface area contributed by atoms with Crippen molar-refractivity contribution in [1.29, 1.82) is 0 Å². The van der Waals surface area contributed by atoms with Gasteiger partial charge in [0.05, 0.1) is 0 Å². The third-order valence-corrected chi connectivity index (χ3v) is 6.26. The molecule has 0 aliphatic carbocycles. The van der Waals surface area contributed by atoms with Crippen molar-refractivity contribution in [2.24, 2.45) is 0 Å². The van der Waals surface area contributed by atoms with Gasteiger partial charge in [0.15, 0.2) is 0 Å². The molecular weight excluding hydrogens is 396 g/mol. The number of hydrogen-bond acceptors (Lipinski definition) is 2. The van der Waals surface area contributed by atoms with Gasteiger partial charge in [0.1, 0.15) is 0 Å². The van der Waals surface area contributed by atoms with Gasteiger partial charge in [-0.3, -0.25) is 9.59 Å². The average molecular weight is 453 g/mol. The molecule has 2 amide bonds. The van der Waals surface area contributed by atoms with Crippen LogP contribution in [0.15, 0.2) is 0 Å². The van der Waals surface area contributed by atoms with Gasteiger partial charge in [-0.05, 0) is 25.7 Å². The van der Waals surface area contributed by atoms with Crippen LogP contribution in [0.25, 0.3) is 0 Å². The molecule has 0 aromatic carbocycles. The molecule has 0 radical (unpaired) electrons. The highest BCUT2D eigenvalue weighted by Crippen LogP contribution is 2.11. The maximum absolute atomic E-state index is 11.9. The number of nitrogens with one attached hydrogen (secondary N) is 2. The van der Waals surface area contributed by atoms with E-state index in [4.69, 9.17) is 0 Å². The molecule has 0 atom stereocenters. The normalized spacial score (nSPS) is 10.9. The molecule has 32 heavy (non-hydrogen) atoms. The van der Waals surface area contributed by atoms with Crippen molar-refractivity contribution in [2.45, 2.75) is 155 Å². The molecule has 0 fully saturated rings. The first-order valence-electron chi connectivity index (χ1n) is 14.2. The molecule has 0 saturated heterocycles. The third-order valence-electron chi connectivity index (χ3n) is 6.26. The molecule has 0 aromatic rings. The van der Waals surface area contributed by atoms with Crippen LogP contribution in [0.2, 0.25) is 0 Å². The van der Waals surface area contributed by atoms with E-state index in [0.717, 1.165) is 38.8 Å². The summed E-state index contributed by atoms with van der Waals surface area (Å²) in [6, 6.07) is 0. The maximum atomic E-state index is 11.9. The van der Waals surface area contributed by atoms with Gasteiger partial charge in [-0.1, -0.05) is 117 Å². The first-order valence-corrected chi connectivity index (χ1v) is 14.2. The molecule has 0 rings (SSSR count). The van der Waals surface area contributed by atoms with E-state index in [2.05, 4.69) is 24.5 Å². The number of rotatable bonds is 25. The summed E-state index contributed by atoms with van der Waals surface area (Å²) < 4.78 is 0. The molecule has 2 N–H and O–H groups in total. The first kappa shape index (κ1) is 30.9. The highest BCUT2D eigenvalue weighted by Gasteiger charge is 2.02. The fourth-order valence-corrected chi connectivity index (χ4v) is 4.07. The average Bonchev–Trinajstić information content (AvgIpc) is 2.79. The molecule has 0 saturated carbocycles. The molecule has 0 aliphatic heterocycles. The quantitative estimate of drug-likeness (QED) is 0.139. The maximum Gasteiger partial charge on any atom is 0.219 e. The van der Waals surface area contributed by atoms with Crippen LogP contribution >= 0.6 is 0 Å². The second kappa shape index (κ2) is 26.2. The minimum absolute atomic E-state index is 0.183. The van der Waals surface area contributed by atoms with Crippen molar-refractivity contribution < 1.29 is 9.59 Å². The lowest BCUT2D eigenvalue weighted by Crippen LogP contribution is -2.27. The van der Waals surface area contributed by atoms with Gasteiger partial charge in [0, 0.05) is 25.9 Å². The second-order valence-electron chi connectivity index (χ2n) is 9.56. The number of unbranched alkanes of at least 4 members (excludes halogenated alkanes) is 17. The van der Waals surface area contributed by atoms with E-state index in [9.17, 15) is 9.59 Å². The highest BCUT2D eigenvalue weighted by molar-refractivity contribution is 5.76. The lowest BCUT2D eigenvalue weighted by molar-refractivity contribution is -0.122. The number of hydrogen-bond donors (Lipinski definition) is 2. The Morgan fingerprint density at radius 1 is 0.406 bits per heavy atom. The lowest BCUT2D eigenvalue weighted by atomic mass is 10.1. The lowest BCUT2D eigenvalue weighted by Gasteiger charge is -2.07. The standard InChI is InChI=1S/C28H56N2O2/c1-3-5-7-9-11-13-15-17-19-23-27(31)29-25-21-22-26-30-28(32)24-20-18-16-14-12-10-8-6-4-2/h3-26H2,1-2H3,(H,29,31)(H,30,32). The Bertz CT molecular complexity index is 374. The Labute approximate surface area is 200 Å². The van der Waals surface area contributed by atoms with E-state index in [0.29, 0.717) is 12.8 Å². The fourth-order valence-electron chi connectivity index (χ4n) is 4.07. The van der Waals surface area contributed by atoms with Crippen molar-refractivity contribution in [1.82, 2.24) is 10.6 Å². The zero-order valence-electron chi connectivity index (χ0n) is 21.8. The van der Waals surface area contributed by atoms with E-state index in [1.807, 2.05) is 0 Å². The molecule has 0 aromatic heterocycles. The number of carbonyl (C=O) groups excluding carboxylic acids is 2. The molecule has 0 unspecified atom stereocenters. The Morgan fingerprint density at radius 3 is 1.00 bits per heavy atom. The molecule has 0 aliphatic rings. The second-order valence-corrected chi connectivity index (χ2v) is 9.56. The van der Waals surface area contributed by atoms with Crippen LogP contribution in [-0.4, -0.2) is 24.9 Å². The van der Waals surface area contributed by atoms with Gasteiger partial charge in [0.25, 0.3) is 0 Å². The Kier molecular flexibility index (Phi) is 25.3. The number of amides is 2. The van der Waals surface area contributed by atoms with Crippen LogP contribution < -0.4 is 10.6 Å². The monoisotopic (exact) mass is 452 g/mol. The summed E-state index contributed by atoms with van der Waals surface area (Å²) in [6.07, 6.45) is 26.2. The zero-order valence-corrected chi connectivity index (χ0v) is 21.8. The third kappa shape index (κ3) is 25.2. The van der Waals surface area contributed by atoms with Crippen LogP contribution in [0.1, 0.15) is 155 Å². The van der Waals surface area contributed by atoms with E-state index in [1.54, 1.807) is 0 Å². The van der Waals surface area contributed by atoms with Crippen molar-refractivity contribution in [2.75, 3.05) is 13.1 Å². The predicted octanol–water partition coefficient (Wildman–Crippen LogP) is 7.84. The summed E-state index contributed by atoms with van der Waals surface area (Å²) in [4.78, 5) is 23.7. The van der Waals surface area contributed by atoms with Gasteiger partial charge in [-0.15, -0.1) is 0 Å². The van der Waals surface area contributed by atoms with Gasteiger partial charge >= 0.3 is 0 Å². The van der Waals surface area contributed by atoms with Gasteiger partial charge in [0.2, 0.25) is 11.8 Å². The summed E-state index contributed by atoms with van der Waals surface area (Å²) in [5, 5.41) is 6.03. The van der Waals surface area contributed by atoms with E-state index >= 15 is 0 Å². The SMILES string of the molecule is CCCCCCCCCCCC(=O)NCCCCNC(=O)CCCCCCCCCCC. The Balaban J connectivity index is 3.27. The van der Waals surface area contributed by atoms with Crippen molar-refractivity contribution in [3.8, 4) is 0 Å². The first-order chi connectivity index (χ1) is 15.7. The van der Waals surface area contributed by atoms with E-state index < -0.39 is 0 Å². The Hall–Kier alpha value is -1.06. The minimum Gasteiger partial charge on any atom is -0.356 e. The van der Waals surface area contributed by atoms with Crippen molar-refractivity contribution in [3.63, 3.8) is 0 Å². The smallest absolute Gasteiger partial charge is 0.219 e. The number of carbonyl (C=O) groups is 2. The predicted molar refractivity (Wildman–Crippen MR) is 139 cm³/mol. The van der Waals surface area contributed by atoms with Gasteiger partial charge in [-0.2, -0.15) is 0 Å². The van der Waals surface area contributed by atoms with E-state index in [-0.39, 0.29) is 11.8 Å². The van der Waals surface area contributed by atoms with Crippen molar-refractivity contribution >= 4 is 11.8 Å². The fraction of sp³-hybridized carbons (Fsp3) is 0.929. The van der Waals surface area contributed by atoms with Crippen LogP contribution in [0.3, 0.4) is 0 Å². The molecule has 190 valence electrons. The highest BCUT2D eigenvalue weighted by atomic mass is 16.2. The molecule has 4 nitrogen and oxygen atoms in total. The Morgan fingerprint density at radius 2 is 0.688 bits per heavy atom. The van der Waals surface area contributed by atoms with Crippen LogP contribution in [0.4, 0.5) is 0 Å². The van der Waals surface area contributed by atoms with Crippen LogP contribution in [0, 0.1) is 0 Å². The van der Waals surface area contributed by atoms with Crippen LogP contribution in [0.5, 0.6) is 0 Å². The molecule has 0 bridgehead atoms. The largest absolute Gasteiger partial charge is 0.356 e. The van der Waals surface area contributed by atoms with E-state index in [1.165, 1.54) is 103 Å². The van der Waals surface area contributed by atoms with Gasteiger partial charge < -0.3 is 10.6 Å². The van der Waals surface area contributed by atoms with Gasteiger partial charge in [-0.25, -0.2) is 0 Å². The molecule has 4 heteroatoms.